The van der Waals surface area contributed by atoms with Crippen LogP contribution in [0.4, 0.5) is 0 Å². The summed E-state index contributed by atoms with van der Waals surface area (Å²) in [6.45, 7) is 5.54. The van der Waals surface area contributed by atoms with Gasteiger partial charge >= 0.3 is 33.3 Å². The molecule has 0 radical (unpaired) electrons. The molecule has 8 heteroatoms. The number of pyridine rings is 1. The number of nitrogens with zero attached hydrogens (tertiary/aromatic N) is 3. The van der Waals surface area contributed by atoms with E-state index in [4.69, 9.17) is 35.2 Å². The van der Waals surface area contributed by atoms with Crippen LogP contribution in [0.2, 0.25) is 0 Å². The van der Waals surface area contributed by atoms with Gasteiger partial charge in [-0.1, -0.05) is 6.07 Å². The van der Waals surface area contributed by atoms with Gasteiger partial charge in [0, 0.05) is 26.2 Å². The number of nitrogens with one attached hydrogen (secondary N) is 2. The molecule has 1 aromatic rings. The van der Waals surface area contributed by atoms with E-state index in [1.165, 1.54) is 35.4 Å². The van der Waals surface area contributed by atoms with Crippen molar-refractivity contribution in [1.29, 1.82) is 0 Å². The van der Waals surface area contributed by atoms with Crippen molar-refractivity contribution in [2.24, 2.45) is 9.98 Å². The Kier molecular flexibility index (Phi) is 9.04. The second-order valence-corrected chi connectivity index (χ2v) is 8.87. The topological polar surface area (TPSA) is 61.7 Å². The van der Waals surface area contributed by atoms with Crippen LogP contribution in [-0.2, 0) is 26.0 Å². The molecule has 0 aromatic carbocycles. The average Bonchev–Trinajstić information content (AvgIpc) is 2.69. The first-order chi connectivity index (χ1) is 13.3. The van der Waals surface area contributed by atoms with Crippen LogP contribution in [0.15, 0.2) is 16.1 Å². The summed E-state index contributed by atoms with van der Waals surface area (Å²) in [5, 5.41) is 6.90. The summed E-state index contributed by atoms with van der Waals surface area (Å²) in [5.74, 6) is 0. The zero-order chi connectivity index (χ0) is 18.9. The molecular formula is C19H27Cl2MnN5. The number of halogens is 2. The molecule has 149 valence electrons. The van der Waals surface area contributed by atoms with E-state index in [1.807, 2.05) is 0 Å². The van der Waals surface area contributed by atoms with Crippen molar-refractivity contribution in [2.75, 3.05) is 39.3 Å². The van der Waals surface area contributed by atoms with Gasteiger partial charge in [-0.15, -0.1) is 0 Å². The summed E-state index contributed by atoms with van der Waals surface area (Å²) in [6, 6.07) is 2.40. The number of aliphatic imine (C=N–C) groups is 2. The van der Waals surface area contributed by atoms with Gasteiger partial charge in [0.25, 0.3) is 0 Å². The molecule has 27 heavy (non-hydrogen) atoms. The van der Waals surface area contributed by atoms with Crippen molar-refractivity contribution >= 4 is 31.6 Å². The third-order valence-electron chi connectivity index (χ3n) is 5.11. The minimum atomic E-state index is 0.00694. The summed E-state index contributed by atoms with van der Waals surface area (Å²) in [5.41, 5.74) is 7.53. The summed E-state index contributed by atoms with van der Waals surface area (Å²) >= 11 is 0.00694. The van der Waals surface area contributed by atoms with Crippen LogP contribution in [0.5, 0.6) is 0 Å². The first kappa shape index (κ1) is 21.2. The van der Waals surface area contributed by atoms with Crippen molar-refractivity contribution in [1.82, 2.24) is 15.6 Å². The molecule has 2 heterocycles. The zero-order valence-corrected chi connectivity index (χ0v) is 18.2. The Bertz CT molecular complexity index is 640. The number of hydrogen-bond acceptors (Lipinski definition) is 5. The smallest absolute Gasteiger partial charge is 0.0880 e. The molecule has 1 aromatic heterocycles. The van der Waals surface area contributed by atoms with Crippen LogP contribution in [-0.4, -0.2) is 55.7 Å². The molecule has 1 aliphatic heterocycles. The molecule has 0 spiro atoms. The van der Waals surface area contributed by atoms with E-state index in [9.17, 15) is 0 Å². The van der Waals surface area contributed by atoms with Gasteiger partial charge in [-0.25, -0.2) is 4.98 Å². The summed E-state index contributed by atoms with van der Waals surface area (Å²) < 4.78 is 0. The van der Waals surface area contributed by atoms with Gasteiger partial charge in [-0.2, -0.15) is 0 Å². The predicted octanol–water partition coefficient (Wildman–Crippen LogP) is 2.90. The van der Waals surface area contributed by atoms with Crippen LogP contribution in [0.1, 0.15) is 48.2 Å². The fourth-order valence-corrected chi connectivity index (χ4v) is 3.89. The third kappa shape index (κ3) is 5.99. The maximum Gasteiger partial charge on any atom is 0.0880 e. The Hall–Kier alpha value is -0.491. The normalized spacial score (nSPS) is 20.2. The summed E-state index contributed by atoms with van der Waals surface area (Å²) in [4.78, 5) is 14.8. The van der Waals surface area contributed by atoms with E-state index in [-0.39, 0.29) is 13.1 Å². The molecule has 0 amide bonds. The van der Waals surface area contributed by atoms with E-state index >= 15 is 0 Å². The van der Waals surface area contributed by atoms with Crippen molar-refractivity contribution < 1.29 is 13.1 Å². The number of rotatable bonds is 0. The molecule has 0 fully saturated rings. The number of aryl methyl sites for hydroxylation is 2. The summed E-state index contributed by atoms with van der Waals surface area (Å²) in [6.07, 6.45) is 6.81. The molecule has 0 unspecified atom stereocenters. The molecule has 2 bridgehead atoms. The Labute approximate surface area is 176 Å². The van der Waals surface area contributed by atoms with Gasteiger partial charge in [0.2, 0.25) is 0 Å². The molecule has 2 aliphatic carbocycles. The largest absolute Gasteiger partial charge is 0.314 e. The van der Waals surface area contributed by atoms with Crippen LogP contribution in [0.3, 0.4) is 0 Å². The first-order valence-corrected chi connectivity index (χ1v) is 13.0. The Morgan fingerprint density at radius 2 is 1.22 bits per heavy atom. The predicted molar refractivity (Wildman–Crippen MR) is 110 cm³/mol. The first-order valence-electron chi connectivity index (χ1n) is 9.72. The van der Waals surface area contributed by atoms with Crippen LogP contribution in [0.25, 0.3) is 0 Å². The molecule has 2 N–H and O–H groups in total. The standard InChI is InChI=1S/C19H27N5.2ClH.Mn/c1-3-14-13-15-4-2-6-17-19(15)24-18(14)16(5-1)22-11-9-20-7-8-21-10-12-23-17;;;/h13,20-21H,1-12H2;2*1H;/q;;;+2/p-2. The second kappa shape index (κ2) is 11.5. The fraction of sp³-hybridized carbons (Fsp3) is 0.632. The quantitative estimate of drug-likeness (QED) is 0.597. The van der Waals surface area contributed by atoms with E-state index in [2.05, 4.69) is 16.7 Å². The monoisotopic (exact) mass is 450 g/mol. The average molecular weight is 451 g/mol. The van der Waals surface area contributed by atoms with Crippen LogP contribution in [0, 0.1) is 0 Å². The maximum atomic E-state index is 5.09. The van der Waals surface area contributed by atoms with Gasteiger partial charge in [0.05, 0.1) is 35.9 Å². The third-order valence-corrected chi connectivity index (χ3v) is 5.11. The van der Waals surface area contributed by atoms with E-state index < -0.39 is 0 Å². The molecule has 0 saturated heterocycles. The molecule has 0 saturated carbocycles. The summed E-state index contributed by atoms with van der Waals surface area (Å²) in [7, 11) is 9.59. The van der Waals surface area contributed by atoms with Crippen LogP contribution < -0.4 is 10.6 Å². The van der Waals surface area contributed by atoms with Crippen molar-refractivity contribution in [3.8, 4) is 0 Å². The van der Waals surface area contributed by atoms with Gasteiger partial charge in [0.1, 0.15) is 0 Å². The van der Waals surface area contributed by atoms with E-state index in [0.29, 0.717) is 0 Å². The maximum absolute atomic E-state index is 5.09. The van der Waals surface area contributed by atoms with Gasteiger partial charge in [-0.3, -0.25) is 9.98 Å². The SMILES string of the molecule is [Cl][Mn][Cl].c1c2c3nc4c1CCCC4=NCCNCCNCCN=C3CCC2. The van der Waals surface area contributed by atoms with Gasteiger partial charge < -0.3 is 10.6 Å². The second-order valence-electron chi connectivity index (χ2n) is 6.92. The van der Waals surface area contributed by atoms with Gasteiger partial charge in [0.15, 0.2) is 0 Å². The molecular weight excluding hydrogens is 424 g/mol. The fourth-order valence-electron chi connectivity index (χ4n) is 3.89. The van der Waals surface area contributed by atoms with Gasteiger partial charge in [-0.05, 0) is 49.7 Å². The molecule has 4 rings (SSSR count). The van der Waals surface area contributed by atoms with Crippen LogP contribution >= 0.6 is 20.2 Å². The zero-order valence-electron chi connectivity index (χ0n) is 15.5. The Morgan fingerprint density at radius 3 is 1.70 bits per heavy atom. The van der Waals surface area contributed by atoms with E-state index in [1.54, 1.807) is 0 Å². The Morgan fingerprint density at radius 1 is 0.741 bits per heavy atom. The minimum Gasteiger partial charge on any atom is -0.314 e. The van der Waals surface area contributed by atoms with E-state index in [0.717, 1.165) is 76.3 Å². The molecule has 5 nitrogen and oxygen atoms in total. The van der Waals surface area contributed by atoms with Crippen molar-refractivity contribution in [3.63, 3.8) is 0 Å². The number of aromatic nitrogens is 1. The number of hydrogen-bond donors (Lipinski definition) is 2. The molecule has 0 atom stereocenters. The van der Waals surface area contributed by atoms with Crippen molar-refractivity contribution in [2.45, 2.75) is 38.5 Å². The van der Waals surface area contributed by atoms with Crippen molar-refractivity contribution in [3.05, 3.63) is 28.6 Å². The Balaban J connectivity index is 0.000000659. The molecule has 3 aliphatic rings. The minimum absolute atomic E-state index is 0.00694.